The largest absolute Gasteiger partial charge is 0.371 e. The zero-order chi connectivity index (χ0) is 10.5. The average molecular weight is 247 g/mol. The Morgan fingerprint density at radius 1 is 1.20 bits per heavy atom. The molecule has 0 N–H and O–H groups in total. The molecule has 1 heterocycles. The summed E-state index contributed by atoms with van der Waals surface area (Å²) in [6.07, 6.45) is 8.08. The zero-order valence-corrected chi connectivity index (χ0v) is 10.2. The second-order valence-corrected chi connectivity index (χ2v) is 5.52. The third-order valence-electron chi connectivity index (χ3n) is 2.69. The lowest BCUT2D eigenvalue weighted by Crippen LogP contribution is -2.11. The number of halogens is 1. The summed E-state index contributed by atoms with van der Waals surface area (Å²) in [6.45, 7) is 0.565. The molecular formula is C10H15ClN2OS. The van der Waals surface area contributed by atoms with Crippen LogP contribution in [0.25, 0.3) is 0 Å². The predicted molar refractivity (Wildman–Crippen MR) is 61.2 cm³/mol. The van der Waals surface area contributed by atoms with Crippen LogP contribution in [-0.2, 0) is 11.3 Å². The molecule has 1 fully saturated rings. The van der Waals surface area contributed by atoms with Gasteiger partial charge < -0.3 is 4.74 Å². The first kappa shape index (κ1) is 11.3. The topological polar surface area (TPSA) is 35.0 Å². The lowest BCUT2D eigenvalue weighted by Gasteiger charge is -2.13. The van der Waals surface area contributed by atoms with Crippen LogP contribution in [0.5, 0.6) is 0 Å². The lowest BCUT2D eigenvalue weighted by atomic mass is 10.1. The molecule has 1 saturated carbocycles. The van der Waals surface area contributed by atoms with E-state index in [0.29, 0.717) is 17.2 Å². The number of hydrogen-bond acceptors (Lipinski definition) is 4. The van der Waals surface area contributed by atoms with Gasteiger partial charge in [0.1, 0.15) is 11.6 Å². The monoisotopic (exact) mass is 246 g/mol. The molecule has 1 aromatic heterocycles. The van der Waals surface area contributed by atoms with Crippen LogP contribution < -0.4 is 0 Å². The van der Waals surface area contributed by atoms with Crippen LogP contribution in [0.4, 0.5) is 0 Å². The molecular weight excluding hydrogens is 232 g/mol. The smallest absolute Gasteiger partial charge is 0.207 e. The molecule has 0 aromatic carbocycles. The highest BCUT2D eigenvalue weighted by molar-refractivity contribution is 7.15. The van der Waals surface area contributed by atoms with E-state index in [1.165, 1.54) is 49.9 Å². The van der Waals surface area contributed by atoms with Gasteiger partial charge in [-0.3, -0.25) is 0 Å². The second-order valence-electron chi connectivity index (χ2n) is 3.87. The van der Waals surface area contributed by atoms with Gasteiger partial charge in [0, 0.05) is 0 Å². The van der Waals surface area contributed by atoms with E-state index in [1.807, 2.05) is 0 Å². The minimum Gasteiger partial charge on any atom is -0.371 e. The van der Waals surface area contributed by atoms with Gasteiger partial charge in [0.2, 0.25) is 4.47 Å². The van der Waals surface area contributed by atoms with Gasteiger partial charge >= 0.3 is 0 Å². The maximum absolute atomic E-state index is 5.81. The average Bonchev–Trinajstić information content (AvgIpc) is 2.52. The van der Waals surface area contributed by atoms with Crippen LogP contribution in [0.15, 0.2) is 0 Å². The Morgan fingerprint density at radius 3 is 2.53 bits per heavy atom. The number of hydrogen-bond donors (Lipinski definition) is 0. The molecule has 0 unspecified atom stereocenters. The van der Waals surface area contributed by atoms with E-state index in [4.69, 9.17) is 16.3 Å². The number of aromatic nitrogens is 2. The molecule has 5 heteroatoms. The Kier molecular flexibility index (Phi) is 4.35. The Labute approximate surface area is 98.8 Å². The fraction of sp³-hybridized carbons (Fsp3) is 0.800. The minimum atomic E-state index is 0.412. The Morgan fingerprint density at radius 2 is 1.93 bits per heavy atom. The van der Waals surface area contributed by atoms with Crippen LogP contribution in [0.3, 0.4) is 0 Å². The molecule has 1 aliphatic carbocycles. The molecule has 15 heavy (non-hydrogen) atoms. The van der Waals surface area contributed by atoms with Gasteiger partial charge in [-0.2, -0.15) is 0 Å². The first-order chi connectivity index (χ1) is 7.34. The van der Waals surface area contributed by atoms with Crippen molar-refractivity contribution in [1.29, 1.82) is 0 Å². The summed E-state index contributed by atoms with van der Waals surface area (Å²) in [4.78, 5) is 0. The standard InChI is InChI=1S/C10H15ClN2OS/c11-10-13-12-9(15-10)7-14-8-5-3-1-2-4-6-8/h8H,1-7H2. The van der Waals surface area contributed by atoms with E-state index in [9.17, 15) is 0 Å². The Balaban J connectivity index is 1.76. The first-order valence-electron chi connectivity index (χ1n) is 5.44. The SMILES string of the molecule is Clc1nnc(COC2CCCCCC2)s1. The van der Waals surface area contributed by atoms with E-state index in [0.717, 1.165) is 5.01 Å². The van der Waals surface area contributed by atoms with Crippen molar-refractivity contribution >= 4 is 22.9 Å². The summed E-state index contributed by atoms with van der Waals surface area (Å²) < 4.78 is 6.31. The van der Waals surface area contributed by atoms with Crippen molar-refractivity contribution in [3.63, 3.8) is 0 Å². The normalized spacial score (nSPS) is 19.0. The Bertz CT molecular complexity index is 297. The van der Waals surface area contributed by atoms with Gasteiger partial charge in [-0.25, -0.2) is 0 Å². The third-order valence-corrected chi connectivity index (χ3v) is 3.68. The second kappa shape index (κ2) is 5.77. The van der Waals surface area contributed by atoms with E-state index >= 15 is 0 Å². The molecule has 0 spiro atoms. The van der Waals surface area contributed by atoms with E-state index in [-0.39, 0.29) is 0 Å². The van der Waals surface area contributed by atoms with Crippen molar-refractivity contribution in [2.45, 2.75) is 51.2 Å². The van der Waals surface area contributed by atoms with Crippen molar-refractivity contribution in [2.75, 3.05) is 0 Å². The van der Waals surface area contributed by atoms with Crippen LogP contribution in [0, 0.1) is 0 Å². The maximum Gasteiger partial charge on any atom is 0.207 e. The van der Waals surface area contributed by atoms with Gasteiger partial charge in [-0.1, -0.05) is 37.0 Å². The predicted octanol–water partition coefficient (Wildman–Crippen LogP) is 3.43. The maximum atomic E-state index is 5.81. The lowest BCUT2D eigenvalue weighted by molar-refractivity contribution is 0.0306. The first-order valence-corrected chi connectivity index (χ1v) is 6.63. The molecule has 0 amide bonds. The van der Waals surface area contributed by atoms with E-state index in [2.05, 4.69) is 10.2 Å². The highest BCUT2D eigenvalue weighted by Crippen LogP contribution is 2.22. The van der Waals surface area contributed by atoms with Crippen molar-refractivity contribution in [3.8, 4) is 0 Å². The van der Waals surface area contributed by atoms with Crippen LogP contribution >= 0.6 is 22.9 Å². The fourth-order valence-electron chi connectivity index (χ4n) is 1.89. The van der Waals surface area contributed by atoms with E-state index in [1.54, 1.807) is 0 Å². The van der Waals surface area contributed by atoms with Gasteiger partial charge in [-0.05, 0) is 24.4 Å². The number of ether oxygens (including phenoxy) is 1. The third kappa shape index (κ3) is 3.70. The molecule has 1 aliphatic rings. The summed E-state index contributed by atoms with van der Waals surface area (Å²) in [7, 11) is 0. The highest BCUT2D eigenvalue weighted by atomic mass is 35.5. The molecule has 0 saturated heterocycles. The van der Waals surface area contributed by atoms with Gasteiger partial charge in [0.15, 0.2) is 0 Å². The van der Waals surface area contributed by atoms with Crippen molar-refractivity contribution in [1.82, 2.24) is 10.2 Å². The van der Waals surface area contributed by atoms with Crippen LogP contribution in [-0.4, -0.2) is 16.3 Å². The van der Waals surface area contributed by atoms with Gasteiger partial charge in [0.25, 0.3) is 0 Å². The quantitative estimate of drug-likeness (QED) is 0.767. The molecule has 84 valence electrons. The molecule has 0 atom stereocenters. The molecule has 0 radical (unpaired) electrons. The fourth-order valence-corrected chi connectivity index (χ4v) is 2.68. The van der Waals surface area contributed by atoms with E-state index < -0.39 is 0 Å². The summed E-state index contributed by atoms with van der Waals surface area (Å²) in [5.74, 6) is 0. The zero-order valence-electron chi connectivity index (χ0n) is 8.62. The van der Waals surface area contributed by atoms with Crippen LogP contribution in [0.2, 0.25) is 4.47 Å². The van der Waals surface area contributed by atoms with Gasteiger partial charge in [-0.15, -0.1) is 10.2 Å². The molecule has 1 aromatic rings. The molecule has 0 bridgehead atoms. The summed E-state index contributed by atoms with van der Waals surface area (Å²) in [6, 6.07) is 0. The summed E-state index contributed by atoms with van der Waals surface area (Å²) in [5.41, 5.74) is 0. The number of nitrogens with zero attached hydrogens (tertiary/aromatic N) is 2. The molecule has 0 aliphatic heterocycles. The molecule has 2 rings (SSSR count). The Hall–Kier alpha value is -0.190. The van der Waals surface area contributed by atoms with Crippen molar-refractivity contribution < 1.29 is 4.74 Å². The van der Waals surface area contributed by atoms with Crippen molar-refractivity contribution in [2.24, 2.45) is 0 Å². The van der Waals surface area contributed by atoms with Gasteiger partial charge in [0.05, 0.1) is 6.10 Å². The summed E-state index contributed by atoms with van der Waals surface area (Å²) >= 11 is 7.10. The van der Waals surface area contributed by atoms with Crippen LogP contribution in [0.1, 0.15) is 43.5 Å². The molecule has 3 nitrogen and oxygen atoms in total. The minimum absolute atomic E-state index is 0.412. The summed E-state index contributed by atoms with van der Waals surface area (Å²) in [5, 5.41) is 8.57. The van der Waals surface area contributed by atoms with Crippen molar-refractivity contribution in [3.05, 3.63) is 9.47 Å². The highest BCUT2D eigenvalue weighted by Gasteiger charge is 2.13. The number of rotatable bonds is 3.